The van der Waals surface area contributed by atoms with Crippen molar-refractivity contribution in [2.75, 3.05) is 6.54 Å². The molecule has 0 saturated heterocycles. The van der Waals surface area contributed by atoms with Crippen molar-refractivity contribution in [2.45, 2.75) is 64.5 Å². The van der Waals surface area contributed by atoms with Gasteiger partial charge in [0.1, 0.15) is 5.75 Å². The van der Waals surface area contributed by atoms with E-state index in [9.17, 15) is 22.8 Å². The zero-order chi connectivity index (χ0) is 29.4. The fourth-order valence-corrected chi connectivity index (χ4v) is 5.37. The van der Waals surface area contributed by atoms with Gasteiger partial charge in [-0.05, 0) is 91.1 Å². The molecule has 1 fully saturated rings. The van der Waals surface area contributed by atoms with E-state index in [0.29, 0.717) is 25.1 Å². The highest BCUT2D eigenvalue weighted by atomic mass is 19.4. The number of urea groups is 1. The summed E-state index contributed by atoms with van der Waals surface area (Å²) in [6.45, 7) is 6.78. The van der Waals surface area contributed by atoms with Gasteiger partial charge in [-0.15, -0.1) is 13.2 Å². The van der Waals surface area contributed by atoms with E-state index in [1.165, 1.54) is 18.2 Å². The normalized spacial score (nSPS) is 18.3. The Hall–Kier alpha value is -4.08. The summed E-state index contributed by atoms with van der Waals surface area (Å²) in [5.41, 5.74) is 4.70. The van der Waals surface area contributed by atoms with Crippen LogP contribution in [0.4, 0.5) is 18.0 Å². The first-order valence-electron chi connectivity index (χ1n) is 13.6. The lowest BCUT2D eigenvalue weighted by molar-refractivity contribution is -0.274. The Kier molecular flexibility index (Phi) is 7.68. The second kappa shape index (κ2) is 11.1. The molecule has 3 amide bonds. The van der Waals surface area contributed by atoms with Crippen molar-refractivity contribution >= 4 is 11.9 Å². The van der Waals surface area contributed by atoms with Gasteiger partial charge in [-0.3, -0.25) is 9.78 Å². The maximum absolute atomic E-state index is 13.0. The fourth-order valence-electron chi connectivity index (χ4n) is 5.37. The number of rotatable bonds is 6. The Labute approximate surface area is 237 Å². The summed E-state index contributed by atoms with van der Waals surface area (Å²) in [6.07, 6.45) is -0.0121. The molecule has 5 rings (SSSR count). The maximum atomic E-state index is 13.0. The SMILES string of the molecule is CC(C)(C)NC(=O)N1CCc2c(-c3cccc(OC(F)(F)F)c3)ccc(CNC(=O)[C@@H]3C[C@@H]3c3cccnc3)c2C1. The molecule has 1 saturated carbocycles. The standard InChI is InChI=1S/C31H33F3N4O3/c1-30(2,3)37-29(40)38-13-11-24-23(19-6-4-8-22(14-19)41-31(32,33)34)10-9-21(27(24)18-38)17-36-28(39)26-15-25(26)20-7-5-12-35-16-20/h4-10,12,14,16,25-26H,11,13,15,17-18H2,1-3H3,(H,36,39)(H,37,40)/t25-,26-/m1/s1. The number of benzene rings is 2. The van der Waals surface area contributed by atoms with Gasteiger partial charge in [0.15, 0.2) is 0 Å². The summed E-state index contributed by atoms with van der Waals surface area (Å²) in [5, 5.41) is 6.06. The third-order valence-electron chi connectivity index (χ3n) is 7.35. The molecule has 0 bridgehead atoms. The maximum Gasteiger partial charge on any atom is 0.573 e. The number of ether oxygens (including phenoxy) is 1. The summed E-state index contributed by atoms with van der Waals surface area (Å²) in [5.74, 6) is -0.288. The van der Waals surface area contributed by atoms with Crippen LogP contribution >= 0.6 is 0 Å². The molecule has 0 unspecified atom stereocenters. The number of alkyl halides is 3. The average Bonchev–Trinajstić information content (AvgIpc) is 3.71. The average molecular weight is 567 g/mol. The van der Waals surface area contributed by atoms with Crippen molar-refractivity contribution < 1.29 is 27.5 Å². The van der Waals surface area contributed by atoms with Gasteiger partial charge in [0.25, 0.3) is 0 Å². The Bertz CT molecular complexity index is 1440. The Morgan fingerprint density at radius 2 is 1.88 bits per heavy atom. The number of nitrogens with one attached hydrogen (secondary N) is 2. The van der Waals surface area contributed by atoms with Crippen LogP contribution in [-0.4, -0.2) is 40.3 Å². The second-order valence-electron chi connectivity index (χ2n) is 11.6. The molecule has 1 aromatic heterocycles. The van der Waals surface area contributed by atoms with E-state index in [0.717, 1.165) is 34.2 Å². The molecule has 2 N–H and O–H groups in total. The van der Waals surface area contributed by atoms with Crippen molar-refractivity contribution in [1.29, 1.82) is 0 Å². The van der Waals surface area contributed by atoms with Crippen LogP contribution in [0.2, 0.25) is 0 Å². The number of halogens is 3. The molecule has 0 radical (unpaired) electrons. The van der Waals surface area contributed by atoms with Gasteiger partial charge in [-0.25, -0.2) is 4.79 Å². The zero-order valence-electron chi connectivity index (χ0n) is 23.2. The van der Waals surface area contributed by atoms with E-state index in [4.69, 9.17) is 0 Å². The van der Waals surface area contributed by atoms with Gasteiger partial charge < -0.3 is 20.3 Å². The monoisotopic (exact) mass is 566 g/mol. The number of hydrogen-bond acceptors (Lipinski definition) is 4. The van der Waals surface area contributed by atoms with Gasteiger partial charge in [-0.1, -0.05) is 30.3 Å². The van der Waals surface area contributed by atoms with E-state index >= 15 is 0 Å². The molecule has 7 nitrogen and oxygen atoms in total. The van der Waals surface area contributed by atoms with Crippen molar-refractivity contribution in [3.05, 3.63) is 83.2 Å². The molecule has 2 aliphatic rings. The minimum Gasteiger partial charge on any atom is -0.406 e. The Morgan fingerprint density at radius 3 is 2.59 bits per heavy atom. The van der Waals surface area contributed by atoms with Crippen LogP contribution in [0.1, 0.15) is 55.4 Å². The molecule has 1 aliphatic carbocycles. The van der Waals surface area contributed by atoms with Gasteiger partial charge in [0, 0.05) is 43.5 Å². The van der Waals surface area contributed by atoms with Gasteiger partial charge in [-0.2, -0.15) is 0 Å². The number of hydrogen-bond donors (Lipinski definition) is 2. The van der Waals surface area contributed by atoms with Crippen LogP contribution in [0.25, 0.3) is 11.1 Å². The number of carbonyl (C=O) groups excluding carboxylic acids is 2. The predicted octanol–water partition coefficient (Wildman–Crippen LogP) is 5.93. The van der Waals surface area contributed by atoms with Crippen LogP contribution in [0.3, 0.4) is 0 Å². The summed E-state index contributed by atoms with van der Waals surface area (Å²) in [6, 6.07) is 13.3. The number of aromatic nitrogens is 1. The molecule has 10 heteroatoms. The largest absolute Gasteiger partial charge is 0.573 e. The van der Waals surface area contributed by atoms with Crippen molar-refractivity contribution in [3.63, 3.8) is 0 Å². The topological polar surface area (TPSA) is 83.6 Å². The van der Waals surface area contributed by atoms with Gasteiger partial charge in [0.05, 0.1) is 0 Å². The van der Waals surface area contributed by atoms with Crippen LogP contribution in [0, 0.1) is 5.92 Å². The van der Waals surface area contributed by atoms with Crippen molar-refractivity contribution in [1.82, 2.24) is 20.5 Å². The summed E-state index contributed by atoms with van der Waals surface area (Å²) >= 11 is 0. The Morgan fingerprint density at radius 1 is 1.07 bits per heavy atom. The van der Waals surface area contributed by atoms with Crippen molar-refractivity contribution in [2.24, 2.45) is 5.92 Å². The van der Waals surface area contributed by atoms with Gasteiger partial charge in [0.2, 0.25) is 5.91 Å². The van der Waals surface area contributed by atoms with E-state index in [2.05, 4.69) is 20.4 Å². The molecule has 0 spiro atoms. The molecule has 2 heterocycles. The minimum absolute atomic E-state index is 0.0354. The number of carbonyl (C=O) groups is 2. The zero-order valence-corrected chi connectivity index (χ0v) is 23.2. The highest BCUT2D eigenvalue weighted by Crippen LogP contribution is 2.47. The lowest BCUT2D eigenvalue weighted by Crippen LogP contribution is -2.50. The molecular formula is C31H33F3N4O3. The lowest BCUT2D eigenvalue weighted by Gasteiger charge is -2.34. The van der Waals surface area contributed by atoms with E-state index in [-0.39, 0.29) is 36.1 Å². The molecule has 2 atom stereocenters. The number of pyridine rings is 1. The Balaban J connectivity index is 1.40. The first-order valence-corrected chi connectivity index (χ1v) is 13.6. The molecule has 3 aromatic rings. The third kappa shape index (κ3) is 6.99. The molecule has 2 aromatic carbocycles. The number of amides is 3. The highest BCUT2D eigenvalue weighted by molar-refractivity contribution is 5.83. The molecular weight excluding hydrogens is 533 g/mol. The lowest BCUT2D eigenvalue weighted by atomic mass is 9.87. The third-order valence-corrected chi connectivity index (χ3v) is 7.35. The highest BCUT2D eigenvalue weighted by Gasteiger charge is 2.44. The predicted molar refractivity (Wildman–Crippen MR) is 148 cm³/mol. The summed E-state index contributed by atoms with van der Waals surface area (Å²) < 4.78 is 42.7. The van der Waals surface area contributed by atoms with Gasteiger partial charge >= 0.3 is 12.4 Å². The summed E-state index contributed by atoms with van der Waals surface area (Å²) in [4.78, 5) is 31.9. The van der Waals surface area contributed by atoms with Crippen molar-refractivity contribution in [3.8, 4) is 16.9 Å². The number of fused-ring (bicyclic) bond motifs is 1. The number of nitrogens with zero attached hydrogens (tertiary/aromatic N) is 2. The van der Waals surface area contributed by atoms with E-state index < -0.39 is 11.9 Å². The summed E-state index contributed by atoms with van der Waals surface area (Å²) in [7, 11) is 0. The van der Waals surface area contributed by atoms with E-state index in [1.54, 1.807) is 23.4 Å². The molecule has 41 heavy (non-hydrogen) atoms. The van der Waals surface area contributed by atoms with Crippen LogP contribution in [0.15, 0.2) is 60.9 Å². The minimum atomic E-state index is -4.79. The van der Waals surface area contributed by atoms with Crippen LogP contribution in [-0.2, 0) is 24.3 Å². The smallest absolute Gasteiger partial charge is 0.406 e. The fraction of sp³-hybridized carbons (Fsp3) is 0.387. The first-order chi connectivity index (χ1) is 19.4. The quantitative estimate of drug-likeness (QED) is 0.387. The van der Waals surface area contributed by atoms with E-state index in [1.807, 2.05) is 45.0 Å². The van der Waals surface area contributed by atoms with Crippen LogP contribution < -0.4 is 15.4 Å². The molecule has 216 valence electrons. The molecule has 1 aliphatic heterocycles. The second-order valence-corrected chi connectivity index (χ2v) is 11.6. The first kappa shape index (κ1) is 28.4. The van der Waals surface area contributed by atoms with Crippen LogP contribution in [0.5, 0.6) is 5.75 Å².